The van der Waals surface area contributed by atoms with Crippen molar-refractivity contribution >= 4 is 5.91 Å². The van der Waals surface area contributed by atoms with Gasteiger partial charge in [0.2, 0.25) is 0 Å². The molecule has 1 amide bonds. The first kappa shape index (κ1) is 15.6. The minimum atomic E-state index is -0.944. The zero-order valence-electron chi connectivity index (χ0n) is 12.4. The molecule has 1 atom stereocenters. The SMILES string of the molecule is CC(C)C[C@H](O)C(=O)N(C)Cc1nncn1C(C)C. The number of aliphatic hydroxyl groups excluding tert-OH is 1. The molecule has 0 aromatic carbocycles. The zero-order chi connectivity index (χ0) is 14.6. The first-order valence-corrected chi connectivity index (χ1v) is 6.64. The zero-order valence-corrected chi connectivity index (χ0v) is 12.4. The lowest BCUT2D eigenvalue weighted by molar-refractivity contribution is -0.140. The van der Waals surface area contributed by atoms with Crippen LogP contribution in [-0.2, 0) is 11.3 Å². The summed E-state index contributed by atoms with van der Waals surface area (Å²) in [6.07, 6.45) is 1.18. The smallest absolute Gasteiger partial charge is 0.251 e. The van der Waals surface area contributed by atoms with Gasteiger partial charge in [-0.25, -0.2) is 0 Å². The van der Waals surface area contributed by atoms with Crippen LogP contribution in [0, 0.1) is 5.92 Å². The van der Waals surface area contributed by atoms with E-state index in [0.29, 0.717) is 13.0 Å². The molecule has 0 aliphatic heterocycles. The average molecular weight is 268 g/mol. The molecule has 1 N–H and O–H groups in total. The molecular formula is C13H24N4O2. The second-order valence-corrected chi connectivity index (χ2v) is 5.59. The highest BCUT2D eigenvalue weighted by molar-refractivity contribution is 5.80. The maximum atomic E-state index is 12.0. The molecule has 0 aliphatic carbocycles. The number of hydrogen-bond donors (Lipinski definition) is 1. The number of aliphatic hydroxyl groups is 1. The molecule has 19 heavy (non-hydrogen) atoms. The van der Waals surface area contributed by atoms with Gasteiger partial charge in [0.15, 0.2) is 5.82 Å². The molecule has 0 unspecified atom stereocenters. The Morgan fingerprint density at radius 3 is 2.58 bits per heavy atom. The largest absolute Gasteiger partial charge is 0.383 e. The van der Waals surface area contributed by atoms with Gasteiger partial charge >= 0.3 is 0 Å². The minimum Gasteiger partial charge on any atom is -0.383 e. The van der Waals surface area contributed by atoms with Crippen LogP contribution in [0.3, 0.4) is 0 Å². The Hall–Kier alpha value is -1.43. The van der Waals surface area contributed by atoms with E-state index in [2.05, 4.69) is 10.2 Å². The Balaban J connectivity index is 2.66. The van der Waals surface area contributed by atoms with Gasteiger partial charge in [0.25, 0.3) is 5.91 Å². The molecule has 0 radical (unpaired) electrons. The standard InChI is InChI=1S/C13H24N4O2/c1-9(2)6-11(18)13(19)16(5)7-12-15-14-8-17(12)10(3)4/h8-11,18H,6-7H2,1-5H3/t11-/m0/s1. The fraction of sp³-hybridized carbons (Fsp3) is 0.769. The van der Waals surface area contributed by atoms with Crippen LogP contribution in [0.2, 0.25) is 0 Å². The highest BCUT2D eigenvalue weighted by Crippen LogP contribution is 2.11. The number of likely N-dealkylation sites (N-methyl/N-ethyl adjacent to an activating group) is 1. The number of nitrogens with zero attached hydrogens (tertiary/aromatic N) is 4. The predicted octanol–water partition coefficient (Wildman–Crippen LogP) is 1.22. The molecule has 1 aromatic rings. The van der Waals surface area contributed by atoms with Crippen LogP contribution in [0.15, 0.2) is 6.33 Å². The Bertz CT molecular complexity index is 415. The summed E-state index contributed by atoms with van der Waals surface area (Å²) in [5, 5.41) is 17.7. The van der Waals surface area contributed by atoms with Gasteiger partial charge in [-0.15, -0.1) is 10.2 Å². The number of carbonyl (C=O) groups excluding carboxylic acids is 1. The average Bonchev–Trinajstić information content (AvgIpc) is 2.75. The van der Waals surface area contributed by atoms with Gasteiger partial charge < -0.3 is 14.6 Å². The molecule has 0 bridgehead atoms. The van der Waals surface area contributed by atoms with E-state index < -0.39 is 6.10 Å². The third-order valence-corrected chi connectivity index (χ3v) is 2.94. The monoisotopic (exact) mass is 268 g/mol. The molecular weight excluding hydrogens is 244 g/mol. The first-order valence-electron chi connectivity index (χ1n) is 6.64. The summed E-state index contributed by atoms with van der Waals surface area (Å²) < 4.78 is 1.92. The summed E-state index contributed by atoms with van der Waals surface area (Å²) in [7, 11) is 1.67. The van der Waals surface area contributed by atoms with E-state index in [4.69, 9.17) is 0 Å². The van der Waals surface area contributed by atoms with Gasteiger partial charge in [0.05, 0.1) is 6.54 Å². The second kappa shape index (κ2) is 6.65. The summed E-state index contributed by atoms with van der Waals surface area (Å²) in [6, 6.07) is 0.245. The van der Waals surface area contributed by atoms with Crippen LogP contribution < -0.4 is 0 Å². The summed E-state index contributed by atoms with van der Waals surface area (Å²) in [5.41, 5.74) is 0. The van der Waals surface area contributed by atoms with E-state index in [1.807, 2.05) is 32.3 Å². The number of carbonyl (C=O) groups is 1. The van der Waals surface area contributed by atoms with E-state index in [0.717, 1.165) is 5.82 Å². The van der Waals surface area contributed by atoms with Crippen molar-refractivity contribution in [1.29, 1.82) is 0 Å². The van der Waals surface area contributed by atoms with Crippen LogP contribution in [0.25, 0.3) is 0 Å². The number of rotatable bonds is 6. The van der Waals surface area contributed by atoms with Crippen molar-refractivity contribution in [2.24, 2.45) is 5.92 Å². The third kappa shape index (κ3) is 4.31. The van der Waals surface area contributed by atoms with E-state index in [9.17, 15) is 9.90 Å². The summed E-state index contributed by atoms with van der Waals surface area (Å²) >= 11 is 0. The van der Waals surface area contributed by atoms with Gasteiger partial charge in [-0.2, -0.15) is 0 Å². The minimum absolute atomic E-state index is 0.245. The van der Waals surface area contributed by atoms with Crippen LogP contribution in [0.4, 0.5) is 0 Å². The summed E-state index contributed by atoms with van der Waals surface area (Å²) in [5.74, 6) is 0.737. The number of hydrogen-bond acceptors (Lipinski definition) is 4. The Morgan fingerprint density at radius 2 is 2.05 bits per heavy atom. The lowest BCUT2D eigenvalue weighted by Crippen LogP contribution is -2.37. The lowest BCUT2D eigenvalue weighted by atomic mass is 10.1. The van der Waals surface area contributed by atoms with E-state index >= 15 is 0 Å². The molecule has 6 nitrogen and oxygen atoms in total. The van der Waals surface area contributed by atoms with Crippen molar-refractivity contribution in [3.05, 3.63) is 12.2 Å². The Morgan fingerprint density at radius 1 is 1.42 bits per heavy atom. The van der Waals surface area contributed by atoms with Crippen LogP contribution in [0.1, 0.15) is 46.0 Å². The third-order valence-electron chi connectivity index (χ3n) is 2.94. The van der Waals surface area contributed by atoms with Gasteiger partial charge in [-0.1, -0.05) is 13.8 Å². The summed E-state index contributed by atoms with van der Waals surface area (Å²) in [6.45, 7) is 8.37. The van der Waals surface area contributed by atoms with Crippen molar-refractivity contribution < 1.29 is 9.90 Å². The second-order valence-electron chi connectivity index (χ2n) is 5.59. The Kier molecular flexibility index (Phi) is 5.47. The molecule has 1 rings (SSSR count). The highest BCUT2D eigenvalue weighted by Gasteiger charge is 2.22. The highest BCUT2D eigenvalue weighted by atomic mass is 16.3. The molecule has 108 valence electrons. The molecule has 0 fully saturated rings. The van der Waals surface area contributed by atoms with Gasteiger partial charge in [0, 0.05) is 13.1 Å². The fourth-order valence-electron chi connectivity index (χ4n) is 1.90. The Labute approximate surface area is 114 Å². The lowest BCUT2D eigenvalue weighted by Gasteiger charge is -2.22. The molecule has 0 saturated carbocycles. The van der Waals surface area contributed by atoms with Crippen LogP contribution >= 0.6 is 0 Å². The molecule has 0 aliphatic rings. The van der Waals surface area contributed by atoms with Crippen molar-refractivity contribution in [1.82, 2.24) is 19.7 Å². The van der Waals surface area contributed by atoms with Gasteiger partial charge in [-0.05, 0) is 26.2 Å². The predicted molar refractivity (Wildman–Crippen MR) is 72.3 cm³/mol. The molecule has 1 heterocycles. The first-order chi connectivity index (χ1) is 8.82. The molecule has 0 saturated heterocycles. The van der Waals surface area contributed by atoms with Gasteiger partial charge in [-0.3, -0.25) is 4.79 Å². The maximum absolute atomic E-state index is 12.0. The number of aromatic nitrogens is 3. The molecule has 6 heteroatoms. The van der Waals surface area contributed by atoms with E-state index in [1.165, 1.54) is 4.90 Å². The summed E-state index contributed by atoms with van der Waals surface area (Å²) in [4.78, 5) is 13.5. The molecule has 1 aromatic heterocycles. The van der Waals surface area contributed by atoms with Crippen molar-refractivity contribution in [2.75, 3.05) is 7.05 Å². The van der Waals surface area contributed by atoms with E-state index in [-0.39, 0.29) is 17.9 Å². The van der Waals surface area contributed by atoms with Crippen LogP contribution in [-0.4, -0.2) is 43.8 Å². The normalized spacial score (nSPS) is 13.1. The maximum Gasteiger partial charge on any atom is 0.251 e. The van der Waals surface area contributed by atoms with Gasteiger partial charge in [0.1, 0.15) is 12.4 Å². The quantitative estimate of drug-likeness (QED) is 0.842. The van der Waals surface area contributed by atoms with Crippen molar-refractivity contribution in [2.45, 2.75) is 52.8 Å². The van der Waals surface area contributed by atoms with Crippen molar-refractivity contribution in [3.63, 3.8) is 0 Å². The van der Waals surface area contributed by atoms with Crippen molar-refractivity contribution in [3.8, 4) is 0 Å². The van der Waals surface area contributed by atoms with Crippen LogP contribution in [0.5, 0.6) is 0 Å². The molecule has 0 spiro atoms. The topological polar surface area (TPSA) is 71.2 Å². The van der Waals surface area contributed by atoms with E-state index in [1.54, 1.807) is 13.4 Å². The number of amides is 1. The fourth-order valence-corrected chi connectivity index (χ4v) is 1.90.